The summed E-state index contributed by atoms with van der Waals surface area (Å²) in [7, 11) is 1.10. The molecule has 0 aromatic heterocycles. The molecule has 158 valence electrons. The number of ether oxygens (including phenoxy) is 5. The molecule has 0 unspecified atom stereocenters. The molecule has 1 aliphatic heterocycles. The Bertz CT molecular complexity index is 1010. The zero-order chi connectivity index (χ0) is 21.8. The van der Waals surface area contributed by atoms with Gasteiger partial charge in [0, 0.05) is 11.6 Å². The molecule has 0 saturated heterocycles. The molecule has 1 heterocycles. The second-order valence-corrected chi connectivity index (χ2v) is 5.72. The molecule has 0 saturated carbocycles. The minimum absolute atomic E-state index is 0.0126. The number of fused-ring (bicyclic) bond motifs is 1. The van der Waals surface area contributed by atoms with Gasteiger partial charge < -0.3 is 23.7 Å². The lowest BCUT2D eigenvalue weighted by Gasteiger charge is -2.12. The summed E-state index contributed by atoms with van der Waals surface area (Å²) < 4.78 is 49.1. The SMILES string of the molecule is COc1cc(C(=O)OCC(=O)c2ccc3c(c2)OCO3)c([N+](=O)[O-])cc1OC(F)F. The predicted octanol–water partition coefficient (Wildman–Crippen LogP) is 2.97. The molecule has 0 amide bonds. The number of ketones is 1. The van der Waals surface area contributed by atoms with Crippen LogP contribution in [0.1, 0.15) is 20.7 Å². The quantitative estimate of drug-likeness (QED) is 0.272. The standard InChI is InChI=1S/C18H13F2NO9/c1-26-14-5-10(11(21(24)25)6-16(14)30-18(19)20)17(23)27-7-12(22)9-2-3-13-15(4-9)29-8-28-13/h2-6,18H,7-8H2,1H3. The largest absolute Gasteiger partial charge is 0.493 e. The first-order valence-corrected chi connectivity index (χ1v) is 8.21. The third kappa shape index (κ3) is 4.37. The van der Waals surface area contributed by atoms with E-state index < -0.39 is 46.9 Å². The summed E-state index contributed by atoms with van der Waals surface area (Å²) in [5, 5.41) is 11.3. The van der Waals surface area contributed by atoms with Gasteiger partial charge in [0.25, 0.3) is 5.69 Å². The van der Waals surface area contributed by atoms with Gasteiger partial charge in [-0.05, 0) is 18.2 Å². The van der Waals surface area contributed by atoms with E-state index in [-0.39, 0.29) is 18.1 Å². The van der Waals surface area contributed by atoms with Crippen LogP contribution in [-0.4, -0.2) is 43.8 Å². The Hall–Kier alpha value is -3.96. The highest BCUT2D eigenvalue weighted by molar-refractivity contribution is 6.01. The monoisotopic (exact) mass is 425 g/mol. The fourth-order valence-electron chi connectivity index (χ4n) is 2.57. The molecular weight excluding hydrogens is 412 g/mol. The van der Waals surface area contributed by atoms with Crippen molar-refractivity contribution in [1.82, 2.24) is 0 Å². The summed E-state index contributed by atoms with van der Waals surface area (Å²) in [5.41, 5.74) is -1.29. The highest BCUT2D eigenvalue weighted by Crippen LogP contribution is 2.36. The number of carbonyl (C=O) groups is 2. The summed E-state index contributed by atoms with van der Waals surface area (Å²) in [6, 6.07) is 5.78. The second-order valence-electron chi connectivity index (χ2n) is 5.72. The molecule has 1 aliphatic rings. The molecule has 0 atom stereocenters. The zero-order valence-corrected chi connectivity index (χ0v) is 15.3. The van der Waals surface area contributed by atoms with Gasteiger partial charge in [0.2, 0.25) is 6.79 Å². The number of methoxy groups -OCH3 is 1. The van der Waals surface area contributed by atoms with E-state index in [1.165, 1.54) is 18.2 Å². The van der Waals surface area contributed by atoms with E-state index in [0.717, 1.165) is 13.2 Å². The number of hydrogen-bond donors (Lipinski definition) is 0. The van der Waals surface area contributed by atoms with E-state index in [1.807, 2.05) is 0 Å². The third-order valence-electron chi connectivity index (χ3n) is 3.94. The number of carbonyl (C=O) groups excluding carboxylic acids is 2. The smallest absolute Gasteiger partial charge is 0.387 e. The number of benzene rings is 2. The Balaban J connectivity index is 1.78. The van der Waals surface area contributed by atoms with Crippen molar-refractivity contribution in [2.24, 2.45) is 0 Å². The number of esters is 1. The first-order valence-electron chi connectivity index (χ1n) is 8.21. The van der Waals surface area contributed by atoms with Crippen LogP contribution in [0.25, 0.3) is 0 Å². The van der Waals surface area contributed by atoms with Crippen LogP contribution in [0.4, 0.5) is 14.5 Å². The molecule has 12 heteroatoms. The van der Waals surface area contributed by atoms with E-state index in [1.54, 1.807) is 0 Å². The molecule has 3 rings (SSSR count). The minimum Gasteiger partial charge on any atom is -0.493 e. The van der Waals surface area contributed by atoms with Crippen molar-refractivity contribution in [3.05, 3.63) is 51.6 Å². The maximum Gasteiger partial charge on any atom is 0.387 e. The number of nitrogens with zero attached hydrogens (tertiary/aromatic N) is 1. The Labute approximate surface area is 167 Å². The lowest BCUT2D eigenvalue weighted by atomic mass is 10.1. The maximum absolute atomic E-state index is 12.5. The average Bonchev–Trinajstić information content (AvgIpc) is 3.18. The Morgan fingerprint density at radius 2 is 1.90 bits per heavy atom. The Morgan fingerprint density at radius 1 is 1.17 bits per heavy atom. The van der Waals surface area contributed by atoms with E-state index >= 15 is 0 Å². The molecule has 0 aliphatic carbocycles. The molecule has 10 nitrogen and oxygen atoms in total. The van der Waals surface area contributed by atoms with Crippen LogP contribution in [0.5, 0.6) is 23.0 Å². The van der Waals surface area contributed by atoms with Crippen molar-refractivity contribution in [2.45, 2.75) is 6.61 Å². The van der Waals surface area contributed by atoms with Gasteiger partial charge in [-0.1, -0.05) is 0 Å². The number of rotatable bonds is 8. The van der Waals surface area contributed by atoms with Crippen LogP contribution in [0.3, 0.4) is 0 Å². The second kappa shape index (κ2) is 8.59. The van der Waals surface area contributed by atoms with Crippen molar-refractivity contribution in [3.8, 4) is 23.0 Å². The van der Waals surface area contributed by atoms with Crippen molar-refractivity contribution in [2.75, 3.05) is 20.5 Å². The van der Waals surface area contributed by atoms with Gasteiger partial charge in [-0.3, -0.25) is 14.9 Å². The molecule has 0 spiro atoms. The molecule has 2 aromatic carbocycles. The normalized spacial score (nSPS) is 11.9. The van der Waals surface area contributed by atoms with Crippen LogP contribution in [0, 0.1) is 10.1 Å². The summed E-state index contributed by atoms with van der Waals surface area (Å²) >= 11 is 0. The first-order chi connectivity index (χ1) is 14.3. The molecular formula is C18H13F2NO9. The summed E-state index contributed by atoms with van der Waals surface area (Å²) in [6.45, 7) is -3.98. The number of Topliss-reactive ketones (excluding diaryl/α,β-unsaturated/α-hetero) is 1. The van der Waals surface area contributed by atoms with Crippen molar-refractivity contribution < 1.29 is 47.0 Å². The van der Waals surface area contributed by atoms with Gasteiger partial charge in [-0.2, -0.15) is 8.78 Å². The van der Waals surface area contributed by atoms with Crippen LogP contribution in [-0.2, 0) is 4.74 Å². The fraction of sp³-hybridized carbons (Fsp3) is 0.222. The molecule has 0 N–H and O–H groups in total. The first kappa shape index (κ1) is 20.8. The highest BCUT2D eigenvalue weighted by Gasteiger charge is 2.27. The van der Waals surface area contributed by atoms with E-state index in [4.69, 9.17) is 18.9 Å². The lowest BCUT2D eigenvalue weighted by molar-refractivity contribution is -0.385. The van der Waals surface area contributed by atoms with Crippen molar-refractivity contribution >= 4 is 17.4 Å². The number of halogens is 2. The van der Waals surface area contributed by atoms with Crippen molar-refractivity contribution in [3.63, 3.8) is 0 Å². The van der Waals surface area contributed by atoms with Crippen LogP contribution >= 0.6 is 0 Å². The van der Waals surface area contributed by atoms with Gasteiger partial charge >= 0.3 is 12.6 Å². The topological polar surface area (TPSA) is 123 Å². The Kier molecular flexibility index (Phi) is 5.95. The van der Waals surface area contributed by atoms with E-state index in [0.29, 0.717) is 17.6 Å². The minimum atomic E-state index is -3.27. The molecule has 0 radical (unpaired) electrons. The van der Waals surface area contributed by atoms with E-state index in [9.17, 15) is 28.5 Å². The average molecular weight is 425 g/mol. The van der Waals surface area contributed by atoms with Gasteiger partial charge in [-0.25, -0.2) is 4.79 Å². The van der Waals surface area contributed by atoms with E-state index in [2.05, 4.69) is 4.74 Å². The fourth-order valence-corrected chi connectivity index (χ4v) is 2.57. The van der Waals surface area contributed by atoms with Crippen LogP contribution < -0.4 is 18.9 Å². The predicted molar refractivity (Wildman–Crippen MR) is 93.5 cm³/mol. The molecule has 0 fully saturated rings. The van der Waals surface area contributed by atoms with Crippen LogP contribution in [0.15, 0.2) is 30.3 Å². The summed E-state index contributed by atoms with van der Waals surface area (Å²) in [6.07, 6.45) is 0. The van der Waals surface area contributed by atoms with Gasteiger partial charge in [0.05, 0.1) is 18.1 Å². The molecule has 30 heavy (non-hydrogen) atoms. The highest BCUT2D eigenvalue weighted by atomic mass is 19.3. The number of hydrogen-bond acceptors (Lipinski definition) is 9. The number of nitro groups is 1. The zero-order valence-electron chi connectivity index (χ0n) is 15.3. The van der Waals surface area contributed by atoms with Gasteiger partial charge in [0.15, 0.2) is 35.4 Å². The summed E-state index contributed by atoms with van der Waals surface area (Å²) in [5.74, 6) is -2.01. The number of alkyl halides is 2. The lowest BCUT2D eigenvalue weighted by Crippen LogP contribution is -2.16. The third-order valence-corrected chi connectivity index (χ3v) is 3.94. The molecule has 0 bridgehead atoms. The van der Waals surface area contributed by atoms with Gasteiger partial charge in [0.1, 0.15) is 5.56 Å². The Morgan fingerprint density at radius 3 is 2.57 bits per heavy atom. The maximum atomic E-state index is 12.5. The molecule has 2 aromatic rings. The number of nitro benzene ring substituents is 1. The van der Waals surface area contributed by atoms with Crippen LogP contribution in [0.2, 0.25) is 0 Å². The van der Waals surface area contributed by atoms with Crippen molar-refractivity contribution in [1.29, 1.82) is 0 Å². The summed E-state index contributed by atoms with van der Waals surface area (Å²) in [4.78, 5) is 34.9. The van der Waals surface area contributed by atoms with Gasteiger partial charge in [-0.15, -0.1) is 0 Å².